The first-order valence-electron chi connectivity index (χ1n) is 36.4. The third-order valence-electron chi connectivity index (χ3n) is 20.6. The van der Waals surface area contributed by atoms with Gasteiger partial charge in [-0.2, -0.15) is 0 Å². The lowest BCUT2D eigenvalue weighted by Gasteiger charge is -2.39. The summed E-state index contributed by atoms with van der Waals surface area (Å²) in [5.41, 5.74) is 0.983. The molecule has 5 bridgehead atoms. The van der Waals surface area contributed by atoms with Crippen LogP contribution in [0.2, 0.25) is 0 Å². The van der Waals surface area contributed by atoms with Gasteiger partial charge < -0.3 is 88.5 Å². The lowest BCUT2D eigenvalue weighted by molar-refractivity contribution is -0.166. The molecule has 590 valence electrons. The van der Waals surface area contributed by atoms with Gasteiger partial charge in [0.25, 0.3) is 11.7 Å². The zero-order valence-electron chi connectivity index (χ0n) is 63.9. The van der Waals surface area contributed by atoms with Crippen molar-refractivity contribution < 1.29 is 111 Å². The number of phenols is 2. The number of aliphatic hydroxyl groups is 1. The van der Waals surface area contributed by atoms with Gasteiger partial charge in [0, 0.05) is 126 Å². The number of likely N-dealkylation sites (tertiary alicyclic amines) is 1. The van der Waals surface area contributed by atoms with Crippen molar-refractivity contribution in [1.29, 1.82) is 0 Å². The number of anilines is 1. The molecule has 9 N–H and O–H groups in total. The standard InChI is InChI=1S/C77H104N6O23P2/c1-16-57(86)104-55-37-44(6)69(101-35-21-20-27-59(107(94,95)96)108(97,98)99)45(7)52(55)28-29-56(85)78-53(38-51-25-18-17-19-26-51)75(93)82(14)40-58(87)105-70-42(4)23-22-24-43(5)74(92)79-65-64-63(80-77(81-64)31-33-83(34-32-77)39-41(2)3)60-61(68(65)90)67(89)49(11)72-62(60)73(91)76(13,106-72)102-36-30-54(100-15)46(8)71(103-50(12)84)48(10)66(88)47(70)9/h17-19,22-26,30,36-37,41-42,46-48,53-54,59,66,70-71,88-90H,16,20-21,27-29,31-35,38-40H2,1-15H3,(H,78,85)(H,79,92)(H2,94,95,96)(H2,97,98,99)/b23-22+,36-30+,43-24-/t42-,46+,47-,48+,53-,54-,66+,70-,71+,76-/m0/s1. The number of fused-ring (bicyclic) bond motifs is 13. The molecule has 0 aromatic heterocycles. The second-order valence-electron chi connectivity index (χ2n) is 29.4. The number of hydrogen-bond donors (Lipinski definition) is 9. The number of nitrogens with zero attached hydrogens (tertiary/aromatic N) is 4. The number of nitrogens with one attached hydrogen (secondary N) is 2. The van der Waals surface area contributed by atoms with Gasteiger partial charge in [0.2, 0.25) is 11.8 Å². The molecule has 0 radical (unpaired) electrons. The number of esters is 3. The Bertz CT molecular complexity index is 4370. The summed E-state index contributed by atoms with van der Waals surface area (Å²) in [5, 5.41) is 40.8. The van der Waals surface area contributed by atoms with Crippen molar-refractivity contribution >= 4 is 73.1 Å². The van der Waals surface area contributed by atoms with Gasteiger partial charge in [-0.25, -0.2) is 0 Å². The number of phenolic OH excluding ortho intramolecular Hbond substituents is 2. The van der Waals surface area contributed by atoms with Gasteiger partial charge in [-0.1, -0.05) is 97.0 Å². The number of aryl methyl sites for hydroxylation is 1. The molecule has 5 aliphatic rings. The molecule has 3 amide bonds. The molecule has 0 saturated carbocycles. The number of aromatic hydroxyl groups is 2. The summed E-state index contributed by atoms with van der Waals surface area (Å²) in [7, 11) is -7.51. The van der Waals surface area contributed by atoms with Crippen molar-refractivity contribution in [2.45, 2.75) is 195 Å². The normalized spacial score (nSPS) is 24.0. The fourth-order valence-corrected chi connectivity index (χ4v) is 17.2. The van der Waals surface area contributed by atoms with Crippen molar-refractivity contribution in [2.75, 3.05) is 52.3 Å². The zero-order valence-corrected chi connectivity index (χ0v) is 65.7. The van der Waals surface area contributed by atoms with E-state index in [1.165, 1.54) is 60.3 Å². The second-order valence-corrected chi connectivity index (χ2v) is 33.4. The first kappa shape index (κ1) is 85.2. The van der Waals surface area contributed by atoms with E-state index in [9.17, 15) is 72.8 Å². The van der Waals surface area contributed by atoms with Gasteiger partial charge in [-0.05, 0) is 88.1 Å². The highest BCUT2D eigenvalue weighted by atomic mass is 31.2. The minimum Gasteiger partial charge on any atom is -0.507 e. The maximum Gasteiger partial charge on any atom is 0.340 e. The van der Waals surface area contributed by atoms with Crippen LogP contribution in [0.5, 0.6) is 28.7 Å². The fraction of sp³-hybridized carbons (Fsp3) is 0.545. The molecule has 0 aliphatic carbocycles. The largest absolute Gasteiger partial charge is 0.507 e. The van der Waals surface area contributed by atoms with Gasteiger partial charge in [0.05, 0.1) is 41.4 Å². The lowest BCUT2D eigenvalue weighted by Crippen LogP contribution is -2.50. The molecular weight excluding hydrogens is 1440 g/mol. The Morgan fingerprint density at radius 2 is 1.50 bits per heavy atom. The maximum absolute atomic E-state index is 15.1. The molecule has 1 fully saturated rings. The van der Waals surface area contributed by atoms with Crippen LogP contribution in [0.4, 0.5) is 5.69 Å². The number of ether oxygens (including phenoxy) is 7. The van der Waals surface area contributed by atoms with Crippen molar-refractivity contribution in [1.82, 2.24) is 15.1 Å². The molecule has 0 unspecified atom stereocenters. The van der Waals surface area contributed by atoms with Gasteiger partial charge in [-0.3, -0.25) is 52.7 Å². The highest BCUT2D eigenvalue weighted by Crippen LogP contribution is 2.62. The predicted octanol–water partition coefficient (Wildman–Crippen LogP) is 8.28. The van der Waals surface area contributed by atoms with Crippen molar-refractivity contribution in [3.8, 4) is 28.7 Å². The average Bonchev–Trinajstić information content (AvgIpc) is 1.51. The summed E-state index contributed by atoms with van der Waals surface area (Å²) in [6.07, 6.45) is 2.89. The van der Waals surface area contributed by atoms with Gasteiger partial charge in [0.1, 0.15) is 58.8 Å². The highest BCUT2D eigenvalue weighted by molar-refractivity contribution is 7.70. The number of benzene rings is 4. The van der Waals surface area contributed by atoms with Crippen LogP contribution in [-0.4, -0.2) is 180 Å². The monoisotopic (exact) mass is 1540 g/mol. The van der Waals surface area contributed by atoms with Crippen LogP contribution in [0.25, 0.3) is 10.8 Å². The summed E-state index contributed by atoms with van der Waals surface area (Å²) in [6, 6.07) is 9.08. The SMILES string of the molecule is CCC(=O)Oc1cc(C)c(OCCCCC(P(=O)(O)O)P(=O)(O)O)c(C)c1CCC(=O)N[C@@H](Cc1ccccc1)C(=O)N(C)CC(=O)O[C@@H]1[C@@H](C)[C@@H](O)[C@@H](C)[C@H](OC(C)=O)[C@H](C)[C@@H](OC)/C=C/O[C@@]2(C)Oc3c(C)c(O)c4c(O)c(c5c(c4c3C2=O)=NC2(CCN(CC(C)C)CC2)N=5)NC(=O)/C(C)=C\C=C\[C@@H]1C. The summed E-state index contributed by atoms with van der Waals surface area (Å²) in [6.45, 7) is 22.9. The molecule has 1 saturated heterocycles. The topological polar surface area (TPSA) is 415 Å². The maximum atomic E-state index is 15.1. The summed E-state index contributed by atoms with van der Waals surface area (Å²) in [5.74, 6) is -10.7. The summed E-state index contributed by atoms with van der Waals surface area (Å²) < 4.78 is 66.5. The summed E-state index contributed by atoms with van der Waals surface area (Å²) in [4.78, 5) is 151. The molecule has 10 atom stereocenters. The molecule has 5 aliphatic heterocycles. The van der Waals surface area contributed by atoms with E-state index in [0.717, 1.165) is 11.4 Å². The minimum atomic E-state index is -5.13. The number of carbonyl (C=O) groups is 7. The molecule has 29 nitrogen and oxygen atoms in total. The third-order valence-corrected chi connectivity index (χ3v) is 24.4. The number of methoxy groups -OCH3 is 1. The van der Waals surface area contributed by atoms with E-state index < -0.39 is 152 Å². The van der Waals surface area contributed by atoms with Crippen LogP contribution >= 0.6 is 15.2 Å². The number of hydrogen-bond acceptors (Lipinski definition) is 22. The smallest absolute Gasteiger partial charge is 0.340 e. The molecule has 108 heavy (non-hydrogen) atoms. The molecule has 4 aromatic rings. The van der Waals surface area contributed by atoms with Gasteiger partial charge >= 0.3 is 38.9 Å². The fourth-order valence-electron chi connectivity index (χ4n) is 14.6. The molecule has 5 heterocycles. The number of Topliss-reactive ketones (excluding diaryl/α,β-unsaturated/α-hetero) is 1. The van der Waals surface area contributed by atoms with E-state index in [4.69, 9.17) is 43.1 Å². The van der Waals surface area contributed by atoms with Crippen molar-refractivity contribution in [3.05, 3.63) is 117 Å². The van der Waals surface area contributed by atoms with Crippen LogP contribution in [-0.2, 0) is 69.7 Å². The first-order chi connectivity index (χ1) is 50.7. The van der Waals surface area contributed by atoms with Crippen molar-refractivity contribution in [3.63, 3.8) is 0 Å². The number of likely N-dealkylation sites (N-methyl/N-ethyl adjacent to an activating group) is 1. The third kappa shape index (κ3) is 19.8. The van der Waals surface area contributed by atoms with Crippen LogP contribution in [0.1, 0.15) is 152 Å². The van der Waals surface area contributed by atoms with Gasteiger partial charge in [-0.15, -0.1) is 0 Å². The number of allylic oxidation sites excluding steroid dienone is 2. The Labute approximate surface area is 628 Å². The number of carbonyl (C=O) groups excluding carboxylic acids is 7. The molecular formula is C77H104N6O23P2. The zero-order chi connectivity index (χ0) is 79.8. The Kier molecular flexibility index (Phi) is 28.1. The molecule has 9 rings (SSSR count). The Balaban J connectivity index is 1.09. The van der Waals surface area contributed by atoms with E-state index >= 15 is 4.79 Å². The Morgan fingerprint density at radius 3 is 2.12 bits per heavy atom. The van der Waals surface area contributed by atoms with Crippen molar-refractivity contribution in [2.24, 2.45) is 39.6 Å². The molecule has 31 heteroatoms. The van der Waals surface area contributed by atoms with E-state index in [1.54, 1.807) is 97.0 Å². The van der Waals surface area contributed by atoms with E-state index in [2.05, 4.69) is 29.4 Å². The summed E-state index contributed by atoms with van der Waals surface area (Å²) >= 11 is 0. The number of piperidine rings is 1. The van der Waals surface area contributed by atoms with E-state index in [-0.39, 0.29) is 101 Å². The first-order valence-corrected chi connectivity index (χ1v) is 39.8. The number of rotatable bonds is 24. The number of amides is 3. The van der Waals surface area contributed by atoms with E-state index in [0.29, 0.717) is 59.9 Å². The number of unbranched alkanes of at least 4 members (excludes halogenated alkanes) is 1. The van der Waals surface area contributed by atoms with Gasteiger partial charge in [0.15, 0.2) is 16.8 Å². The van der Waals surface area contributed by atoms with Crippen LogP contribution < -0.4 is 35.6 Å². The lowest BCUT2D eigenvalue weighted by atomic mass is 9.78. The minimum absolute atomic E-state index is 0.00856. The number of ketones is 1. The predicted molar refractivity (Wildman–Crippen MR) is 399 cm³/mol. The van der Waals surface area contributed by atoms with Crippen LogP contribution in [0.3, 0.4) is 0 Å². The van der Waals surface area contributed by atoms with Crippen LogP contribution in [0.15, 0.2) is 82.5 Å². The Morgan fingerprint density at radius 1 is 0.852 bits per heavy atom. The Hall–Kier alpha value is -8.37. The highest BCUT2D eigenvalue weighted by Gasteiger charge is 2.51. The molecule has 1 spiro atoms. The van der Waals surface area contributed by atoms with Crippen LogP contribution in [0, 0.1) is 50.4 Å². The second kappa shape index (κ2) is 35.5. The average molecular weight is 1540 g/mol. The van der Waals surface area contributed by atoms with E-state index in [1.807, 2.05) is 0 Å². The molecule has 4 aromatic carbocycles. The quantitative estimate of drug-likeness (QED) is 0.0105. The number of aliphatic hydroxyl groups excluding tert-OH is 1.